The van der Waals surface area contributed by atoms with E-state index in [4.69, 9.17) is 4.74 Å². The molecule has 28 heavy (non-hydrogen) atoms. The van der Waals surface area contributed by atoms with E-state index < -0.39 is 0 Å². The number of methoxy groups -OCH3 is 1. The molecular formula is C20H23N5O2S. The molecular weight excluding hydrogens is 374 g/mol. The molecule has 0 aliphatic carbocycles. The molecule has 7 nitrogen and oxygen atoms in total. The highest BCUT2D eigenvalue weighted by atomic mass is 32.2. The zero-order valence-electron chi connectivity index (χ0n) is 16.1. The summed E-state index contributed by atoms with van der Waals surface area (Å²) < 4.78 is 7.20. The largest absolute Gasteiger partial charge is 0.383 e. The maximum atomic E-state index is 12.6. The van der Waals surface area contributed by atoms with E-state index in [1.807, 2.05) is 54.8 Å². The molecule has 0 fully saturated rings. The van der Waals surface area contributed by atoms with E-state index in [1.54, 1.807) is 19.5 Å². The number of rotatable bonds is 8. The number of anilines is 1. The summed E-state index contributed by atoms with van der Waals surface area (Å²) >= 11 is 1.38. The molecule has 0 aliphatic heterocycles. The van der Waals surface area contributed by atoms with Crippen LogP contribution in [0.4, 0.5) is 5.69 Å². The normalized spacial score (nSPS) is 12.0. The third-order valence-electron chi connectivity index (χ3n) is 4.23. The van der Waals surface area contributed by atoms with Crippen molar-refractivity contribution in [2.75, 3.05) is 19.0 Å². The fourth-order valence-corrected chi connectivity index (χ4v) is 3.51. The van der Waals surface area contributed by atoms with Crippen molar-refractivity contribution in [3.63, 3.8) is 0 Å². The number of hydrogen-bond donors (Lipinski definition) is 1. The molecule has 2 heterocycles. The highest BCUT2D eigenvalue weighted by Crippen LogP contribution is 2.27. The van der Waals surface area contributed by atoms with E-state index in [-0.39, 0.29) is 11.2 Å². The number of nitrogens with one attached hydrogen (secondary N) is 1. The van der Waals surface area contributed by atoms with Gasteiger partial charge >= 0.3 is 0 Å². The highest BCUT2D eigenvalue weighted by molar-refractivity contribution is 8.00. The number of aryl methyl sites for hydroxylation is 1. The van der Waals surface area contributed by atoms with Crippen molar-refractivity contribution in [1.29, 1.82) is 0 Å². The number of hydrogen-bond acceptors (Lipinski definition) is 6. The summed E-state index contributed by atoms with van der Waals surface area (Å²) in [6.45, 7) is 4.94. The van der Waals surface area contributed by atoms with Crippen LogP contribution in [0.25, 0.3) is 11.4 Å². The van der Waals surface area contributed by atoms with Crippen LogP contribution in [-0.2, 0) is 16.1 Å². The Morgan fingerprint density at radius 1 is 1.21 bits per heavy atom. The Bertz CT molecular complexity index is 929. The molecule has 0 aliphatic rings. The van der Waals surface area contributed by atoms with Crippen LogP contribution in [0, 0.1) is 6.92 Å². The van der Waals surface area contributed by atoms with Crippen molar-refractivity contribution in [2.24, 2.45) is 0 Å². The maximum Gasteiger partial charge on any atom is 0.237 e. The average molecular weight is 398 g/mol. The first-order valence-electron chi connectivity index (χ1n) is 8.96. The van der Waals surface area contributed by atoms with Crippen LogP contribution < -0.4 is 5.32 Å². The number of ether oxygens (including phenoxy) is 1. The predicted octanol–water partition coefficient (Wildman–Crippen LogP) is 3.41. The molecule has 1 N–H and O–H groups in total. The number of aromatic nitrogens is 4. The lowest BCUT2D eigenvalue weighted by molar-refractivity contribution is -0.115. The minimum Gasteiger partial charge on any atom is -0.383 e. The molecule has 1 atom stereocenters. The van der Waals surface area contributed by atoms with Crippen molar-refractivity contribution < 1.29 is 9.53 Å². The fourth-order valence-electron chi connectivity index (χ4n) is 2.63. The molecule has 2 aromatic heterocycles. The molecule has 0 saturated carbocycles. The maximum absolute atomic E-state index is 12.6. The second-order valence-corrected chi connectivity index (χ2v) is 7.56. The molecule has 0 bridgehead atoms. The van der Waals surface area contributed by atoms with Gasteiger partial charge in [-0.25, -0.2) is 0 Å². The Labute approximate surface area is 168 Å². The first-order valence-corrected chi connectivity index (χ1v) is 9.83. The zero-order chi connectivity index (χ0) is 19.9. The van der Waals surface area contributed by atoms with Gasteiger partial charge in [0.25, 0.3) is 0 Å². The summed E-state index contributed by atoms with van der Waals surface area (Å²) in [5.41, 5.74) is 2.76. The molecule has 0 radical (unpaired) electrons. The Morgan fingerprint density at radius 2 is 1.96 bits per heavy atom. The van der Waals surface area contributed by atoms with Gasteiger partial charge < -0.3 is 10.1 Å². The van der Waals surface area contributed by atoms with Gasteiger partial charge in [-0.2, -0.15) is 0 Å². The first kappa shape index (κ1) is 20.0. The van der Waals surface area contributed by atoms with Gasteiger partial charge in [-0.05, 0) is 37.6 Å². The van der Waals surface area contributed by atoms with Crippen molar-refractivity contribution in [3.05, 3.63) is 54.4 Å². The smallest absolute Gasteiger partial charge is 0.237 e. The molecule has 3 rings (SSSR count). The SMILES string of the molecule is COCCn1c(SC(C)C(=O)Nc2ccccc2C)nnc1-c1ccncc1. The standard InChI is InChI=1S/C20H23N5O2S/c1-14-6-4-5-7-17(14)22-19(26)15(2)28-20-24-23-18(25(20)12-13-27-3)16-8-10-21-11-9-16/h4-11,15H,12-13H2,1-3H3,(H,22,26). The molecule has 1 aromatic carbocycles. The quantitative estimate of drug-likeness (QED) is 0.587. The topological polar surface area (TPSA) is 81.9 Å². The van der Waals surface area contributed by atoms with Gasteiger partial charge in [0.1, 0.15) is 0 Å². The number of nitrogens with zero attached hydrogens (tertiary/aromatic N) is 4. The number of thioether (sulfide) groups is 1. The Morgan fingerprint density at radius 3 is 2.68 bits per heavy atom. The van der Waals surface area contributed by atoms with Crippen molar-refractivity contribution in [1.82, 2.24) is 19.7 Å². The lowest BCUT2D eigenvalue weighted by Crippen LogP contribution is -2.23. The van der Waals surface area contributed by atoms with E-state index in [1.165, 1.54) is 11.8 Å². The van der Waals surface area contributed by atoms with E-state index in [9.17, 15) is 4.79 Å². The Hall–Kier alpha value is -2.71. The molecule has 1 amide bonds. The number of carbonyl (C=O) groups excluding carboxylic acids is 1. The van der Waals surface area contributed by atoms with Gasteiger partial charge in [0, 0.05) is 30.8 Å². The number of pyridine rings is 1. The van der Waals surface area contributed by atoms with E-state index in [2.05, 4.69) is 20.5 Å². The van der Waals surface area contributed by atoms with Gasteiger partial charge in [-0.15, -0.1) is 10.2 Å². The van der Waals surface area contributed by atoms with Crippen molar-refractivity contribution >= 4 is 23.4 Å². The fraction of sp³-hybridized carbons (Fsp3) is 0.300. The van der Waals surface area contributed by atoms with Gasteiger partial charge in [-0.3, -0.25) is 14.3 Å². The lowest BCUT2D eigenvalue weighted by atomic mass is 10.2. The molecule has 1 unspecified atom stereocenters. The van der Waals surface area contributed by atoms with Gasteiger partial charge in [0.05, 0.1) is 18.4 Å². The Kier molecular flexibility index (Phi) is 6.78. The summed E-state index contributed by atoms with van der Waals surface area (Å²) in [6, 6.07) is 11.5. The first-order chi connectivity index (χ1) is 13.6. The number of benzene rings is 1. The molecule has 0 saturated heterocycles. The minimum atomic E-state index is -0.338. The van der Waals surface area contributed by atoms with E-state index in [0.717, 1.165) is 22.6 Å². The summed E-state index contributed by atoms with van der Waals surface area (Å²) in [4.78, 5) is 16.7. The molecule has 3 aromatic rings. The summed E-state index contributed by atoms with van der Waals surface area (Å²) in [5, 5.41) is 12.0. The third kappa shape index (κ3) is 4.76. The van der Waals surface area contributed by atoms with Crippen LogP contribution in [0.5, 0.6) is 0 Å². The Balaban J connectivity index is 1.78. The lowest BCUT2D eigenvalue weighted by Gasteiger charge is -2.14. The second kappa shape index (κ2) is 9.48. The van der Waals surface area contributed by atoms with Gasteiger partial charge in [0.2, 0.25) is 5.91 Å². The number of amides is 1. The predicted molar refractivity (Wildman–Crippen MR) is 110 cm³/mol. The molecule has 146 valence electrons. The van der Waals surface area contributed by atoms with Crippen molar-refractivity contribution in [3.8, 4) is 11.4 Å². The van der Waals surface area contributed by atoms with E-state index in [0.29, 0.717) is 18.3 Å². The third-order valence-corrected chi connectivity index (χ3v) is 5.31. The summed E-state index contributed by atoms with van der Waals surface area (Å²) in [6.07, 6.45) is 3.44. The monoisotopic (exact) mass is 397 g/mol. The summed E-state index contributed by atoms with van der Waals surface area (Å²) in [5.74, 6) is 0.652. The number of carbonyl (C=O) groups is 1. The van der Waals surface area contributed by atoms with Crippen LogP contribution >= 0.6 is 11.8 Å². The minimum absolute atomic E-state index is 0.0777. The number of para-hydroxylation sites is 1. The van der Waals surface area contributed by atoms with E-state index >= 15 is 0 Å². The summed E-state index contributed by atoms with van der Waals surface area (Å²) in [7, 11) is 1.65. The van der Waals surface area contributed by atoms with Crippen LogP contribution in [0.2, 0.25) is 0 Å². The van der Waals surface area contributed by atoms with Gasteiger partial charge in [0.15, 0.2) is 11.0 Å². The van der Waals surface area contributed by atoms with Crippen molar-refractivity contribution in [2.45, 2.75) is 30.8 Å². The second-order valence-electron chi connectivity index (χ2n) is 6.25. The van der Waals surface area contributed by atoms with Crippen LogP contribution in [0.15, 0.2) is 53.9 Å². The highest BCUT2D eigenvalue weighted by Gasteiger charge is 2.21. The van der Waals surface area contributed by atoms with Crippen LogP contribution in [0.3, 0.4) is 0 Å². The van der Waals surface area contributed by atoms with Crippen LogP contribution in [0.1, 0.15) is 12.5 Å². The molecule has 0 spiro atoms. The van der Waals surface area contributed by atoms with Crippen LogP contribution in [-0.4, -0.2) is 44.6 Å². The average Bonchev–Trinajstić information content (AvgIpc) is 3.11. The molecule has 8 heteroatoms. The zero-order valence-corrected chi connectivity index (χ0v) is 16.9. The van der Waals surface area contributed by atoms with Gasteiger partial charge in [-0.1, -0.05) is 30.0 Å².